The van der Waals surface area contributed by atoms with Crippen LogP contribution in [0.3, 0.4) is 0 Å². The van der Waals surface area contributed by atoms with Crippen molar-refractivity contribution in [2.45, 2.75) is 0 Å². The Bertz CT molecular complexity index is 3630. The van der Waals surface area contributed by atoms with Crippen molar-refractivity contribution in [1.29, 1.82) is 0 Å². The van der Waals surface area contributed by atoms with Gasteiger partial charge in [-0.05, 0) is 108 Å². The summed E-state index contributed by atoms with van der Waals surface area (Å²) in [6, 6.07) is 85.6. The number of anilines is 3. The van der Waals surface area contributed by atoms with Gasteiger partial charge in [-0.15, -0.1) is 0 Å². The maximum atomic E-state index is 6.57. The standard InChI is InChI=1S/C60H39NO/c1-2-13-42(14-3-1)54-36-32-47(52-23-11-17-41-15-4-6-20-50(41)52)39-58(54)61(49-19-10-18-45(38-49)55-24-12-25-57-56-22-8-9-26-59(56)62-60(55)57)48-33-29-40(30-34-48)44-31-35-53-46(37-44)28-27-43-16-5-7-21-51(43)53/h1-39H. The van der Waals surface area contributed by atoms with Gasteiger partial charge in [-0.1, -0.05) is 194 Å². The molecule has 0 spiro atoms. The van der Waals surface area contributed by atoms with E-state index in [2.05, 4.69) is 235 Å². The molecule has 290 valence electrons. The largest absolute Gasteiger partial charge is 0.455 e. The Hall–Kier alpha value is -8.20. The lowest BCUT2D eigenvalue weighted by Crippen LogP contribution is -2.11. The molecular weight excluding hydrogens is 751 g/mol. The van der Waals surface area contributed by atoms with E-state index in [0.717, 1.165) is 66.8 Å². The molecule has 0 fully saturated rings. The van der Waals surface area contributed by atoms with Gasteiger partial charge in [-0.3, -0.25) is 0 Å². The van der Waals surface area contributed by atoms with E-state index in [1.54, 1.807) is 0 Å². The summed E-state index contributed by atoms with van der Waals surface area (Å²) in [4.78, 5) is 2.43. The lowest BCUT2D eigenvalue weighted by molar-refractivity contribution is 0.670. The van der Waals surface area contributed by atoms with E-state index < -0.39 is 0 Å². The molecule has 0 radical (unpaired) electrons. The smallest absolute Gasteiger partial charge is 0.143 e. The van der Waals surface area contributed by atoms with Crippen molar-refractivity contribution >= 4 is 71.3 Å². The Morgan fingerprint density at radius 3 is 1.74 bits per heavy atom. The van der Waals surface area contributed by atoms with Gasteiger partial charge in [0.15, 0.2) is 0 Å². The second-order valence-electron chi connectivity index (χ2n) is 16.1. The third-order valence-corrected chi connectivity index (χ3v) is 12.4. The third-order valence-electron chi connectivity index (χ3n) is 12.4. The molecule has 62 heavy (non-hydrogen) atoms. The maximum Gasteiger partial charge on any atom is 0.143 e. The molecule has 0 amide bonds. The van der Waals surface area contributed by atoms with Crippen LogP contribution in [0.4, 0.5) is 17.1 Å². The van der Waals surface area contributed by atoms with Gasteiger partial charge in [0.25, 0.3) is 0 Å². The SMILES string of the molecule is c1ccc(-c2ccc(-c3cccc4ccccc34)cc2N(c2ccc(-c3ccc4c(ccc5ccccc54)c3)cc2)c2cccc(-c3cccc4c3oc3ccccc34)c2)cc1. The van der Waals surface area contributed by atoms with Gasteiger partial charge in [0.2, 0.25) is 0 Å². The normalized spacial score (nSPS) is 11.5. The van der Waals surface area contributed by atoms with Gasteiger partial charge in [0, 0.05) is 33.3 Å². The van der Waals surface area contributed by atoms with Crippen LogP contribution < -0.4 is 4.90 Å². The summed E-state index contributed by atoms with van der Waals surface area (Å²) < 4.78 is 6.57. The van der Waals surface area contributed by atoms with Crippen LogP contribution in [-0.2, 0) is 0 Å². The van der Waals surface area contributed by atoms with Gasteiger partial charge < -0.3 is 9.32 Å². The molecule has 0 N–H and O–H groups in total. The summed E-state index contributed by atoms with van der Waals surface area (Å²) in [6.45, 7) is 0. The van der Waals surface area contributed by atoms with Crippen molar-refractivity contribution in [3.8, 4) is 44.5 Å². The molecule has 0 saturated heterocycles. The van der Waals surface area contributed by atoms with E-state index in [9.17, 15) is 0 Å². The quantitative estimate of drug-likeness (QED) is 0.150. The van der Waals surface area contributed by atoms with E-state index in [0.29, 0.717) is 0 Å². The van der Waals surface area contributed by atoms with Crippen LogP contribution in [0.2, 0.25) is 0 Å². The molecule has 0 bridgehead atoms. The first kappa shape index (κ1) is 35.7. The minimum Gasteiger partial charge on any atom is -0.455 e. The molecule has 0 aliphatic rings. The minimum absolute atomic E-state index is 0.894. The van der Waals surface area contributed by atoms with Gasteiger partial charge in [0.05, 0.1) is 5.69 Å². The maximum absolute atomic E-state index is 6.57. The number of para-hydroxylation sites is 2. The van der Waals surface area contributed by atoms with Crippen LogP contribution in [0.25, 0.3) is 98.8 Å². The molecule has 0 aliphatic carbocycles. The lowest BCUT2D eigenvalue weighted by atomic mass is 9.93. The number of rotatable bonds is 7. The fraction of sp³-hybridized carbons (Fsp3) is 0. The number of hydrogen-bond donors (Lipinski definition) is 0. The topological polar surface area (TPSA) is 16.4 Å². The molecule has 1 aromatic heterocycles. The predicted molar refractivity (Wildman–Crippen MR) is 263 cm³/mol. The van der Waals surface area contributed by atoms with Crippen LogP contribution >= 0.6 is 0 Å². The zero-order chi connectivity index (χ0) is 41.0. The average molecular weight is 790 g/mol. The lowest BCUT2D eigenvalue weighted by Gasteiger charge is -2.29. The van der Waals surface area contributed by atoms with Crippen LogP contribution in [-0.4, -0.2) is 0 Å². The highest BCUT2D eigenvalue weighted by molar-refractivity contribution is 6.10. The molecule has 11 aromatic carbocycles. The fourth-order valence-electron chi connectivity index (χ4n) is 9.43. The second-order valence-corrected chi connectivity index (χ2v) is 16.1. The average Bonchev–Trinajstić information content (AvgIpc) is 3.73. The van der Waals surface area contributed by atoms with E-state index in [-0.39, 0.29) is 0 Å². The van der Waals surface area contributed by atoms with Gasteiger partial charge >= 0.3 is 0 Å². The Balaban J connectivity index is 1.05. The molecular formula is C60H39NO. The summed E-state index contributed by atoms with van der Waals surface area (Å²) in [6.07, 6.45) is 0. The number of benzene rings is 11. The molecule has 0 saturated carbocycles. The molecule has 2 nitrogen and oxygen atoms in total. The van der Waals surface area contributed by atoms with Crippen LogP contribution in [0.1, 0.15) is 0 Å². The first-order valence-corrected chi connectivity index (χ1v) is 21.2. The molecule has 0 atom stereocenters. The predicted octanol–water partition coefficient (Wildman–Crippen LogP) is 17.2. The zero-order valence-corrected chi connectivity index (χ0v) is 33.9. The summed E-state index contributed by atoms with van der Waals surface area (Å²) in [7, 11) is 0. The van der Waals surface area contributed by atoms with Crippen molar-refractivity contribution < 1.29 is 4.42 Å². The van der Waals surface area contributed by atoms with Crippen molar-refractivity contribution in [1.82, 2.24) is 0 Å². The second kappa shape index (κ2) is 14.8. The molecule has 0 unspecified atom stereocenters. The zero-order valence-electron chi connectivity index (χ0n) is 33.9. The van der Waals surface area contributed by atoms with E-state index in [1.165, 1.54) is 49.0 Å². The number of nitrogens with zero attached hydrogens (tertiary/aromatic N) is 1. The first-order valence-electron chi connectivity index (χ1n) is 21.2. The van der Waals surface area contributed by atoms with E-state index in [1.807, 2.05) is 6.07 Å². The highest BCUT2D eigenvalue weighted by Crippen LogP contribution is 2.46. The summed E-state index contributed by atoms with van der Waals surface area (Å²) >= 11 is 0. The summed E-state index contributed by atoms with van der Waals surface area (Å²) in [5.74, 6) is 0. The summed E-state index contributed by atoms with van der Waals surface area (Å²) in [5, 5.41) is 9.74. The van der Waals surface area contributed by atoms with Gasteiger partial charge in [-0.2, -0.15) is 0 Å². The van der Waals surface area contributed by atoms with E-state index >= 15 is 0 Å². The van der Waals surface area contributed by atoms with Crippen LogP contribution in [0.15, 0.2) is 241 Å². The van der Waals surface area contributed by atoms with E-state index in [4.69, 9.17) is 4.42 Å². The van der Waals surface area contributed by atoms with Gasteiger partial charge in [-0.25, -0.2) is 0 Å². The molecule has 2 heteroatoms. The van der Waals surface area contributed by atoms with Crippen molar-refractivity contribution in [2.24, 2.45) is 0 Å². The summed E-state index contributed by atoms with van der Waals surface area (Å²) in [5.41, 5.74) is 14.2. The number of fused-ring (bicyclic) bond motifs is 7. The molecule has 12 rings (SSSR count). The fourth-order valence-corrected chi connectivity index (χ4v) is 9.43. The Morgan fingerprint density at radius 1 is 0.274 bits per heavy atom. The Kier molecular flexibility index (Phi) is 8.53. The highest BCUT2D eigenvalue weighted by atomic mass is 16.3. The molecule has 0 aliphatic heterocycles. The first-order chi connectivity index (χ1) is 30.7. The molecule has 12 aromatic rings. The van der Waals surface area contributed by atoms with Crippen molar-refractivity contribution in [2.75, 3.05) is 4.90 Å². The Labute approximate surface area is 360 Å². The highest BCUT2D eigenvalue weighted by Gasteiger charge is 2.21. The Morgan fingerprint density at radius 2 is 0.871 bits per heavy atom. The third kappa shape index (κ3) is 6.12. The van der Waals surface area contributed by atoms with Crippen LogP contribution in [0.5, 0.6) is 0 Å². The monoisotopic (exact) mass is 789 g/mol. The van der Waals surface area contributed by atoms with Crippen LogP contribution in [0, 0.1) is 0 Å². The minimum atomic E-state index is 0.894. The number of furan rings is 1. The van der Waals surface area contributed by atoms with Crippen molar-refractivity contribution in [3.05, 3.63) is 237 Å². The number of hydrogen-bond acceptors (Lipinski definition) is 2. The van der Waals surface area contributed by atoms with Gasteiger partial charge in [0.1, 0.15) is 11.2 Å². The van der Waals surface area contributed by atoms with Crippen molar-refractivity contribution in [3.63, 3.8) is 0 Å². The molecule has 1 heterocycles.